The second-order valence-electron chi connectivity index (χ2n) is 4.63. The lowest BCUT2D eigenvalue weighted by Gasteiger charge is -2.24. The number of nitrogens with zero attached hydrogens (tertiary/aromatic N) is 1. The molecule has 0 heterocycles. The Hall–Kier alpha value is -0.610. The van der Waals surface area contributed by atoms with Crippen molar-refractivity contribution >= 4 is 5.97 Å². The van der Waals surface area contributed by atoms with Crippen molar-refractivity contribution in [3.8, 4) is 0 Å². The molecule has 0 aromatic carbocycles. The van der Waals surface area contributed by atoms with E-state index in [2.05, 4.69) is 11.9 Å². The molecule has 0 amide bonds. The second kappa shape index (κ2) is 4.94. The summed E-state index contributed by atoms with van der Waals surface area (Å²) in [6, 6.07) is 0.739. The van der Waals surface area contributed by atoms with Crippen molar-refractivity contribution < 1.29 is 9.90 Å². The first-order chi connectivity index (χ1) is 6.99. The first-order valence-corrected chi connectivity index (χ1v) is 5.72. The fourth-order valence-corrected chi connectivity index (χ4v) is 1.78. The van der Waals surface area contributed by atoms with E-state index < -0.39 is 11.5 Å². The predicted octanol–water partition coefficient (Wildman–Crippen LogP) is 1.05. The van der Waals surface area contributed by atoms with Crippen LogP contribution < -0.4 is 5.73 Å². The number of aliphatic carboxylic acids is 1. The summed E-state index contributed by atoms with van der Waals surface area (Å²) >= 11 is 0. The molecule has 4 heteroatoms. The Bertz CT molecular complexity index is 229. The van der Waals surface area contributed by atoms with Crippen molar-refractivity contribution in [2.24, 2.45) is 5.73 Å². The van der Waals surface area contributed by atoms with E-state index in [1.54, 1.807) is 0 Å². The Balaban J connectivity index is 2.24. The van der Waals surface area contributed by atoms with Crippen LogP contribution in [0.5, 0.6) is 0 Å². The molecule has 0 aromatic heterocycles. The molecular weight excluding hydrogens is 192 g/mol. The van der Waals surface area contributed by atoms with E-state index in [0.717, 1.165) is 19.0 Å². The van der Waals surface area contributed by atoms with E-state index in [4.69, 9.17) is 10.8 Å². The Kier molecular flexibility index (Phi) is 4.11. The average Bonchev–Trinajstić information content (AvgIpc) is 3.00. The van der Waals surface area contributed by atoms with Crippen molar-refractivity contribution in [2.75, 3.05) is 13.6 Å². The lowest BCUT2D eigenvalue weighted by atomic mass is 9.92. The van der Waals surface area contributed by atoms with E-state index in [9.17, 15) is 4.79 Å². The Morgan fingerprint density at radius 2 is 2.20 bits per heavy atom. The van der Waals surface area contributed by atoms with Gasteiger partial charge < -0.3 is 15.7 Å². The minimum absolute atomic E-state index is 0.496. The van der Waals surface area contributed by atoms with Crippen LogP contribution >= 0.6 is 0 Å². The molecule has 1 unspecified atom stereocenters. The van der Waals surface area contributed by atoms with E-state index in [0.29, 0.717) is 12.8 Å². The van der Waals surface area contributed by atoms with Gasteiger partial charge in [0.15, 0.2) is 0 Å². The molecule has 0 bridgehead atoms. The molecule has 1 aliphatic rings. The van der Waals surface area contributed by atoms with Gasteiger partial charge in [-0.1, -0.05) is 6.92 Å². The zero-order chi connectivity index (χ0) is 11.5. The third-order valence-electron chi connectivity index (χ3n) is 3.36. The summed E-state index contributed by atoms with van der Waals surface area (Å²) in [6.45, 7) is 2.79. The van der Waals surface area contributed by atoms with Crippen LogP contribution in [0.15, 0.2) is 0 Å². The maximum absolute atomic E-state index is 10.9. The van der Waals surface area contributed by atoms with E-state index in [1.807, 2.05) is 6.92 Å². The summed E-state index contributed by atoms with van der Waals surface area (Å²) in [7, 11) is 2.10. The number of hydrogen-bond donors (Lipinski definition) is 2. The van der Waals surface area contributed by atoms with Crippen molar-refractivity contribution in [2.45, 2.75) is 50.6 Å². The van der Waals surface area contributed by atoms with Crippen molar-refractivity contribution in [1.82, 2.24) is 4.90 Å². The first kappa shape index (κ1) is 12.5. The lowest BCUT2D eigenvalue weighted by molar-refractivity contribution is -0.143. The normalized spacial score (nSPS) is 20.3. The quantitative estimate of drug-likeness (QED) is 0.665. The zero-order valence-electron chi connectivity index (χ0n) is 9.70. The molecule has 1 atom stereocenters. The Morgan fingerprint density at radius 3 is 2.60 bits per heavy atom. The first-order valence-electron chi connectivity index (χ1n) is 5.72. The monoisotopic (exact) mass is 214 g/mol. The van der Waals surface area contributed by atoms with Crippen molar-refractivity contribution in [1.29, 1.82) is 0 Å². The van der Waals surface area contributed by atoms with Gasteiger partial charge in [0, 0.05) is 6.04 Å². The minimum Gasteiger partial charge on any atom is -0.480 e. The summed E-state index contributed by atoms with van der Waals surface area (Å²) in [4.78, 5) is 13.2. The number of carboxylic acid groups (broad SMARTS) is 1. The third kappa shape index (κ3) is 3.47. The van der Waals surface area contributed by atoms with Crippen LogP contribution in [0.3, 0.4) is 0 Å². The van der Waals surface area contributed by atoms with Gasteiger partial charge in [-0.2, -0.15) is 0 Å². The second-order valence-corrected chi connectivity index (χ2v) is 4.63. The molecule has 1 aliphatic carbocycles. The van der Waals surface area contributed by atoms with Gasteiger partial charge in [-0.05, 0) is 45.7 Å². The van der Waals surface area contributed by atoms with E-state index in [-0.39, 0.29) is 0 Å². The molecule has 3 N–H and O–H groups in total. The lowest BCUT2D eigenvalue weighted by Crippen LogP contribution is -2.47. The highest BCUT2D eigenvalue weighted by molar-refractivity contribution is 5.78. The molecule has 1 rings (SSSR count). The van der Waals surface area contributed by atoms with Crippen LogP contribution in [-0.2, 0) is 4.79 Å². The van der Waals surface area contributed by atoms with Crippen LogP contribution in [0.2, 0.25) is 0 Å². The largest absolute Gasteiger partial charge is 0.480 e. The summed E-state index contributed by atoms with van der Waals surface area (Å²) in [5.41, 5.74) is 4.78. The number of hydrogen-bond acceptors (Lipinski definition) is 3. The van der Waals surface area contributed by atoms with Gasteiger partial charge >= 0.3 is 5.97 Å². The molecule has 0 aromatic rings. The average molecular weight is 214 g/mol. The minimum atomic E-state index is -1.02. The zero-order valence-corrected chi connectivity index (χ0v) is 9.70. The molecule has 0 spiro atoms. The Labute approximate surface area is 91.4 Å². The summed E-state index contributed by atoms with van der Waals surface area (Å²) in [5.74, 6) is -0.876. The van der Waals surface area contributed by atoms with Gasteiger partial charge in [0.25, 0.3) is 0 Å². The van der Waals surface area contributed by atoms with Crippen LogP contribution in [0, 0.1) is 0 Å². The van der Waals surface area contributed by atoms with Gasteiger partial charge in [-0.25, -0.2) is 0 Å². The van der Waals surface area contributed by atoms with Crippen LogP contribution in [0.25, 0.3) is 0 Å². The topological polar surface area (TPSA) is 66.6 Å². The number of nitrogens with two attached hydrogens (primary N) is 1. The predicted molar refractivity (Wildman–Crippen MR) is 59.7 cm³/mol. The van der Waals surface area contributed by atoms with Gasteiger partial charge in [0.05, 0.1) is 0 Å². The highest BCUT2D eigenvalue weighted by Crippen LogP contribution is 2.26. The van der Waals surface area contributed by atoms with Crippen LogP contribution in [-0.4, -0.2) is 41.1 Å². The molecule has 1 saturated carbocycles. The molecule has 0 saturated heterocycles. The fourth-order valence-electron chi connectivity index (χ4n) is 1.78. The maximum atomic E-state index is 10.9. The molecule has 0 radical (unpaired) electrons. The summed E-state index contributed by atoms with van der Waals surface area (Å²) in [6.07, 6.45) is 4.50. The molecule has 1 fully saturated rings. The molecule has 4 nitrogen and oxygen atoms in total. The van der Waals surface area contributed by atoms with Crippen molar-refractivity contribution in [3.63, 3.8) is 0 Å². The SMILES string of the molecule is CCC(N)(CCCN(C)C1CC1)C(=O)O. The van der Waals surface area contributed by atoms with Gasteiger partial charge in [-0.15, -0.1) is 0 Å². The molecule has 88 valence electrons. The van der Waals surface area contributed by atoms with Crippen LogP contribution in [0.1, 0.15) is 39.0 Å². The number of carboxylic acids is 1. The Morgan fingerprint density at radius 1 is 1.60 bits per heavy atom. The summed E-state index contributed by atoms with van der Waals surface area (Å²) in [5, 5.41) is 8.98. The van der Waals surface area contributed by atoms with Crippen LogP contribution in [0.4, 0.5) is 0 Å². The van der Waals surface area contributed by atoms with E-state index in [1.165, 1.54) is 12.8 Å². The summed E-state index contributed by atoms with van der Waals surface area (Å²) < 4.78 is 0. The molecule has 0 aliphatic heterocycles. The maximum Gasteiger partial charge on any atom is 0.323 e. The van der Waals surface area contributed by atoms with E-state index >= 15 is 0 Å². The highest BCUT2D eigenvalue weighted by atomic mass is 16.4. The highest BCUT2D eigenvalue weighted by Gasteiger charge is 2.32. The molecule has 15 heavy (non-hydrogen) atoms. The fraction of sp³-hybridized carbons (Fsp3) is 0.909. The van der Waals surface area contributed by atoms with Gasteiger partial charge in [0.2, 0.25) is 0 Å². The van der Waals surface area contributed by atoms with Gasteiger partial charge in [0.1, 0.15) is 5.54 Å². The number of carbonyl (C=O) groups is 1. The van der Waals surface area contributed by atoms with Gasteiger partial charge in [-0.3, -0.25) is 4.79 Å². The van der Waals surface area contributed by atoms with Crippen molar-refractivity contribution in [3.05, 3.63) is 0 Å². The smallest absolute Gasteiger partial charge is 0.323 e. The standard InChI is InChI=1S/C11H22N2O2/c1-3-11(12,10(14)15)7-4-8-13(2)9-5-6-9/h9H,3-8,12H2,1-2H3,(H,14,15). The third-order valence-corrected chi connectivity index (χ3v) is 3.36. The molecular formula is C11H22N2O2. The number of rotatable bonds is 7.